The smallest absolute Gasteiger partial charge is 0.323 e. The van der Waals surface area contributed by atoms with Crippen molar-refractivity contribution in [2.45, 2.75) is 18.2 Å². The monoisotopic (exact) mass is 289 g/mol. The molecule has 1 unspecified atom stereocenters. The fourth-order valence-electron chi connectivity index (χ4n) is 2.25. The molecule has 20 heavy (non-hydrogen) atoms. The van der Waals surface area contributed by atoms with Gasteiger partial charge in [0.15, 0.2) is 0 Å². The van der Waals surface area contributed by atoms with Gasteiger partial charge in [0.25, 0.3) is 0 Å². The van der Waals surface area contributed by atoms with Crippen LogP contribution in [0.2, 0.25) is 0 Å². The van der Waals surface area contributed by atoms with Crippen molar-refractivity contribution in [2.75, 3.05) is 12.4 Å². The molecule has 2 heterocycles. The number of aryl methyl sites for hydroxylation is 1. The van der Waals surface area contributed by atoms with E-state index in [0.717, 1.165) is 17.7 Å². The highest BCUT2D eigenvalue weighted by Crippen LogP contribution is 2.37. The van der Waals surface area contributed by atoms with E-state index in [1.54, 1.807) is 22.8 Å². The number of nitrogens with zero attached hydrogens (tertiary/aromatic N) is 3. The number of fused-ring (bicyclic) bond motifs is 1. The normalized spacial score (nSPS) is 17.5. The molecule has 0 radical (unpaired) electrons. The van der Waals surface area contributed by atoms with Crippen LogP contribution < -0.4 is 0 Å². The molecule has 1 aliphatic rings. The lowest BCUT2D eigenvalue weighted by Crippen LogP contribution is -2.20. The Morgan fingerprint density at radius 2 is 2.35 bits per heavy atom. The Kier molecular flexibility index (Phi) is 4.01. The van der Waals surface area contributed by atoms with Crippen molar-refractivity contribution < 1.29 is 9.53 Å². The van der Waals surface area contributed by atoms with Gasteiger partial charge >= 0.3 is 5.97 Å². The predicted octanol–water partition coefficient (Wildman–Crippen LogP) is 1.85. The molecule has 2 aromatic rings. The molecule has 1 aromatic heterocycles. The summed E-state index contributed by atoms with van der Waals surface area (Å²) >= 11 is 1.65. The van der Waals surface area contributed by atoms with Gasteiger partial charge in [0.05, 0.1) is 6.54 Å². The zero-order chi connectivity index (χ0) is 13.8. The number of carbonyl (C=O) groups excluding carboxylic acids is 1. The zero-order valence-corrected chi connectivity index (χ0v) is 11.8. The van der Waals surface area contributed by atoms with Crippen LogP contribution in [-0.4, -0.2) is 33.1 Å². The average molecular weight is 289 g/mol. The van der Waals surface area contributed by atoms with Crippen molar-refractivity contribution in [1.29, 1.82) is 0 Å². The Balaban J connectivity index is 1.60. The highest BCUT2D eigenvalue weighted by molar-refractivity contribution is 8.00. The van der Waals surface area contributed by atoms with Gasteiger partial charge in [-0.3, -0.25) is 4.79 Å². The maximum atomic E-state index is 12.2. The quantitative estimate of drug-likeness (QED) is 0.804. The van der Waals surface area contributed by atoms with Gasteiger partial charge in [-0.05, 0) is 23.3 Å². The number of aromatic nitrogens is 3. The largest absolute Gasteiger partial charge is 0.463 e. The van der Waals surface area contributed by atoms with Crippen LogP contribution in [0.5, 0.6) is 0 Å². The molecule has 0 amide bonds. The molecule has 6 heteroatoms. The molecule has 3 rings (SSSR count). The summed E-state index contributed by atoms with van der Waals surface area (Å²) in [4.78, 5) is 16.0. The Bertz CT molecular complexity index is 586. The molecule has 5 nitrogen and oxygen atoms in total. The summed E-state index contributed by atoms with van der Waals surface area (Å²) in [5, 5.41) is 3.77. The van der Waals surface area contributed by atoms with Gasteiger partial charge in [0.2, 0.25) is 0 Å². The van der Waals surface area contributed by atoms with Gasteiger partial charge in [-0.25, -0.2) is 9.67 Å². The summed E-state index contributed by atoms with van der Waals surface area (Å²) in [5.74, 6) is 0.794. The van der Waals surface area contributed by atoms with E-state index in [0.29, 0.717) is 13.2 Å². The fourth-order valence-corrected chi connectivity index (χ4v) is 3.44. The number of carbonyl (C=O) groups is 1. The van der Waals surface area contributed by atoms with Gasteiger partial charge in [0, 0.05) is 0 Å². The van der Waals surface area contributed by atoms with Gasteiger partial charge in [-0.2, -0.15) is 5.10 Å². The van der Waals surface area contributed by atoms with Crippen molar-refractivity contribution in [2.24, 2.45) is 0 Å². The molecule has 1 aliphatic heterocycles. The van der Waals surface area contributed by atoms with Crippen molar-refractivity contribution in [1.82, 2.24) is 14.8 Å². The topological polar surface area (TPSA) is 57.0 Å². The predicted molar refractivity (Wildman–Crippen MR) is 76.3 cm³/mol. The van der Waals surface area contributed by atoms with E-state index < -0.39 is 0 Å². The lowest BCUT2D eigenvalue weighted by atomic mass is 10.0. The molecule has 0 saturated carbocycles. The van der Waals surface area contributed by atoms with E-state index in [1.165, 1.54) is 11.9 Å². The van der Waals surface area contributed by atoms with Crippen LogP contribution in [0.1, 0.15) is 16.4 Å². The summed E-state index contributed by atoms with van der Waals surface area (Å²) in [5.41, 5.74) is 2.35. The van der Waals surface area contributed by atoms with Crippen molar-refractivity contribution in [3.05, 3.63) is 48.0 Å². The number of hydrogen-bond acceptors (Lipinski definition) is 5. The van der Waals surface area contributed by atoms with Gasteiger partial charge in [-0.1, -0.05) is 24.3 Å². The molecular weight excluding hydrogens is 274 g/mol. The molecule has 0 saturated heterocycles. The minimum atomic E-state index is -0.198. The van der Waals surface area contributed by atoms with Crippen molar-refractivity contribution in [3.8, 4) is 0 Å². The summed E-state index contributed by atoms with van der Waals surface area (Å²) in [6.07, 6.45) is 4.09. The summed E-state index contributed by atoms with van der Waals surface area (Å²) in [6, 6.07) is 8.10. The number of ether oxygens (including phenoxy) is 1. The van der Waals surface area contributed by atoms with Gasteiger partial charge in [-0.15, -0.1) is 11.8 Å². The Morgan fingerprint density at radius 3 is 3.20 bits per heavy atom. The van der Waals surface area contributed by atoms with E-state index >= 15 is 0 Å². The maximum absolute atomic E-state index is 12.2. The highest BCUT2D eigenvalue weighted by Gasteiger charge is 2.27. The third kappa shape index (κ3) is 2.85. The van der Waals surface area contributed by atoms with Crippen molar-refractivity contribution in [3.63, 3.8) is 0 Å². The second-order valence-corrected chi connectivity index (χ2v) is 5.74. The molecule has 1 aromatic carbocycles. The zero-order valence-electron chi connectivity index (χ0n) is 10.9. The first-order valence-corrected chi connectivity index (χ1v) is 7.58. The molecule has 0 fully saturated rings. The van der Waals surface area contributed by atoms with Crippen molar-refractivity contribution >= 4 is 17.7 Å². The minimum absolute atomic E-state index is 0.165. The summed E-state index contributed by atoms with van der Waals surface area (Å²) < 4.78 is 7.01. The SMILES string of the molecule is O=C(OCCn1cncn1)C1SCCc2ccccc21. The Hall–Kier alpha value is -1.82. The Morgan fingerprint density at radius 1 is 1.45 bits per heavy atom. The van der Waals surface area contributed by atoms with Gasteiger partial charge in [0.1, 0.15) is 24.5 Å². The molecule has 0 bridgehead atoms. The van der Waals surface area contributed by atoms with E-state index in [1.807, 2.05) is 18.2 Å². The van der Waals surface area contributed by atoms with Crippen LogP contribution in [0, 0.1) is 0 Å². The average Bonchev–Trinajstić information content (AvgIpc) is 3.00. The summed E-state index contributed by atoms with van der Waals surface area (Å²) in [6.45, 7) is 0.853. The first-order chi connectivity index (χ1) is 9.84. The number of thioether (sulfide) groups is 1. The first kappa shape index (κ1) is 13.2. The number of esters is 1. The minimum Gasteiger partial charge on any atom is -0.463 e. The highest BCUT2D eigenvalue weighted by atomic mass is 32.2. The van der Waals surface area contributed by atoms with E-state index in [4.69, 9.17) is 4.74 Å². The molecular formula is C14H15N3O2S. The summed E-state index contributed by atoms with van der Waals surface area (Å²) in [7, 11) is 0. The van der Waals surface area contributed by atoms with E-state index in [2.05, 4.69) is 16.1 Å². The Labute approximate surface area is 121 Å². The third-order valence-electron chi connectivity index (χ3n) is 3.24. The second-order valence-electron chi connectivity index (χ2n) is 4.53. The molecule has 104 valence electrons. The second kappa shape index (κ2) is 6.09. The number of rotatable bonds is 4. The van der Waals surface area contributed by atoms with Crippen LogP contribution >= 0.6 is 11.8 Å². The molecule has 0 aliphatic carbocycles. The van der Waals surface area contributed by atoms with E-state index in [-0.39, 0.29) is 11.2 Å². The van der Waals surface area contributed by atoms with Gasteiger partial charge < -0.3 is 4.74 Å². The number of benzene rings is 1. The van der Waals surface area contributed by atoms with E-state index in [9.17, 15) is 4.79 Å². The van der Waals surface area contributed by atoms with Crippen LogP contribution in [0.3, 0.4) is 0 Å². The lowest BCUT2D eigenvalue weighted by molar-refractivity contribution is -0.143. The van der Waals surface area contributed by atoms with Crippen LogP contribution in [0.25, 0.3) is 0 Å². The molecule has 0 N–H and O–H groups in total. The van der Waals surface area contributed by atoms with Crippen LogP contribution in [0.15, 0.2) is 36.9 Å². The maximum Gasteiger partial charge on any atom is 0.323 e. The van der Waals surface area contributed by atoms with Crippen LogP contribution in [0.4, 0.5) is 0 Å². The van der Waals surface area contributed by atoms with Crippen LogP contribution in [-0.2, 0) is 22.5 Å². The molecule has 0 spiro atoms. The third-order valence-corrected chi connectivity index (χ3v) is 4.46. The number of hydrogen-bond donors (Lipinski definition) is 0. The standard InChI is InChI=1S/C14H15N3O2S/c18-14(19-7-6-17-10-15-9-16-17)13-12-4-2-1-3-11(12)5-8-20-13/h1-4,9-10,13H,5-8H2. The first-order valence-electron chi connectivity index (χ1n) is 6.53. The lowest BCUT2D eigenvalue weighted by Gasteiger charge is -2.23. The molecule has 1 atom stereocenters. The fraction of sp³-hybridized carbons (Fsp3) is 0.357.